The number of rotatable bonds is 10. The second kappa shape index (κ2) is 11.5. The zero-order valence-corrected chi connectivity index (χ0v) is 21.5. The average molecular weight is 493 g/mol. The normalized spacial score (nSPS) is 15.9. The van der Waals surface area contributed by atoms with Gasteiger partial charge in [-0.15, -0.1) is 0 Å². The highest BCUT2D eigenvalue weighted by molar-refractivity contribution is 7.80. The van der Waals surface area contributed by atoms with E-state index in [1.165, 1.54) is 5.56 Å². The maximum absolute atomic E-state index is 5.82. The van der Waals surface area contributed by atoms with Gasteiger partial charge in [-0.05, 0) is 64.0 Å². The third-order valence-electron chi connectivity index (χ3n) is 5.96. The number of aryl methyl sites for hydroxylation is 1. The van der Waals surface area contributed by atoms with Crippen LogP contribution in [0.25, 0.3) is 17.0 Å². The van der Waals surface area contributed by atoms with Gasteiger partial charge in [-0.25, -0.2) is 0 Å². The lowest BCUT2D eigenvalue weighted by Crippen LogP contribution is -2.46. The van der Waals surface area contributed by atoms with Crippen molar-refractivity contribution in [1.29, 1.82) is 0 Å². The van der Waals surface area contributed by atoms with Crippen molar-refractivity contribution >= 4 is 22.9 Å². The van der Waals surface area contributed by atoms with Crippen LogP contribution in [-0.2, 0) is 4.74 Å². The van der Waals surface area contributed by atoms with Crippen LogP contribution >= 0.6 is 12.2 Å². The molecule has 2 heterocycles. The number of benzene rings is 2. The molecule has 1 aromatic heterocycles. The lowest BCUT2D eigenvalue weighted by Gasteiger charge is -2.37. The Morgan fingerprint density at radius 2 is 1.77 bits per heavy atom. The van der Waals surface area contributed by atoms with Gasteiger partial charge in [0.05, 0.1) is 18.2 Å². The minimum absolute atomic E-state index is 0.229. The molecule has 1 N–H and O–H groups in total. The van der Waals surface area contributed by atoms with E-state index in [9.17, 15) is 0 Å². The van der Waals surface area contributed by atoms with E-state index in [4.69, 9.17) is 31.2 Å². The molecule has 8 heteroatoms. The van der Waals surface area contributed by atoms with Gasteiger partial charge in [0, 0.05) is 31.0 Å². The summed E-state index contributed by atoms with van der Waals surface area (Å²) in [6.07, 6.45) is 0.854. The molecule has 0 amide bonds. The van der Waals surface area contributed by atoms with E-state index in [0.29, 0.717) is 36.6 Å². The first-order chi connectivity index (χ1) is 17.0. The summed E-state index contributed by atoms with van der Waals surface area (Å²) in [4.78, 5) is 6.87. The number of nitrogens with one attached hydrogen (secondary N) is 1. The average Bonchev–Trinajstić information content (AvgIpc) is 3.34. The highest BCUT2D eigenvalue weighted by Gasteiger charge is 2.34. The molecule has 0 saturated heterocycles. The van der Waals surface area contributed by atoms with Crippen LogP contribution in [0.3, 0.4) is 0 Å². The highest BCUT2D eigenvalue weighted by atomic mass is 32.1. The number of hydrogen-bond acceptors (Lipinski definition) is 6. The van der Waals surface area contributed by atoms with E-state index in [1.54, 1.807) is 0 Å². The van der Waals surface area contributed by atoms with Gasteiger partial charge >= 0.3 is 0 Å². The fraction of sp³-hybridized carbons (Fsp3) is 0.370. The Kier molecular flexibility index (Phi) is 8.15. The van der Waals surface area contributed by atoms with Gasteiger partial charge in [0.15, 0.2) is 5.11 Å². The van der Waals surface area contributed by atoms with Crippen molar-refractivity contribution in [3.8, 4) is 17.1 Å². The third kappa shape index (κ3) is 5.71. The van der Waals surface area contributed by atoms with Crippen LogP contribution in [0.4, 0.5) is 0 Å². The predicted octanol–water partition coefficient (Wildman–Crippen LogP) is 5.53. The van der Waals surface area contributed by atoms with E-state index >= 15 is 0 Å². The maximum Gasteiger partial charge on any atom is 0.258 e. The molecule has 1 aliphatic heterocycles. The van der Waals surface area contributed by atoms with Crippen LogP contribution in [0.15, 0.2) is 58.8 Å². The van der Waals surface area contributed by atoms with Crippen LogP contribution < -0.4 is 10.1 Å². The largest absolute Gasteiger partial charge is 0.494 e. The van der Waals surface area contributed by atoms with E-state index in [0.717, 1.165) is 41.1 Å². The number of nitrogens with zero attached hydrogens (tertiary/aromatic N) is 3. The Bertz CT molecular complexity index is 1170. The number of thiocarbonyl (C=S) groups is 1. The molecule has 2 aromatic carbocycles. The van der Waals surface area contributed by atoms with Gasteiger partial charge in [0.25, 0.3) is 5.89 Å². The molecular weight excluding hydrogens is 460 g/mol. The van der Waals surface area contributed by atoms with Crippen molar-refractivity contribution in [2.45, 2.75) is 40.2 Å². The monoisotopic (exact) mass is 492 g/mol. The van der Waals surface area contributed by atoms with Crippen LogP contribution in [0.5, 0.6) is 5.75 Å². The van der Waals surface area contributed by atoms with Gasteiger partial charge in [-0.1, -0.05) is 47.1 Å². The molecule has 0 bridgehead atoms. The van der Waals surface area contributed by atoms with Gasteiger partial charge in [0.1, 0.15) is 5.75 Å². The van der Waals surface area contributed by atoms with Gasteiger partial charge in [-0.2, -0.15) is 4.98 Å². The highest BCUT2D eigenvalue weighted by Crippen LogP contribution is 2.38. The van der Waals surface area contributed by atoms with E-state index in [1.807, 2.05) is 62.4 Å². The van der Waals surface area contributed by atoms with Crippen LogP contribution in [0.1, 0.15) is 50.3 Å². The standard InChI is InChI=1S/C27H32N4O3S/c1-5-32-17-7-16-31-19(4)23(26-29-25(30-34-26)21-10-8-18(3)9-11-21)24(28-27(31)35)20-12-14-22(15-13-20)33-6-2/h8-15,24H,5-7,16-17H2,1-4H3,(H,28,35). The molecule has 3 aromatic rings. The lowest BCUT2D eigenvalue weighted by molar-refractivity contribution is 0.141. The van der Waals surface area contributed by atoms with Crippen LogP contribution in [0.2, 0.25) is 0 Å². The second-order valence-corrected chi connectivity index (χ2v) is 8.76. The molecule has 0 radical (unpaired) electrons. The molecule has 0 fully saturated rings. The molecule has 1 atom stereocenters. The summed E-state index contributed by atoms with van der Waals surface area (Å²) in [7, 11) is 0. The van der Waals surface area contributed by atoms with Crippen molar-refractivity contribution < 1.29 is 14.0 Å². The van der Waals surface area contributed by atoms with Crippen molar-refractivity contribution in [2.24, 2.45) is 0 Å². The summed E-state index contributed by atoms with van der Waals surface area (Å²) in [6.45, 7) is 10.8. The Morgan fingerprint density at radius 1 is 1.03 bits per heavy atom. The van der Waals surface area contributed by atoms with Crippen molar-refractivity contribution in [2.75, 3.05) is 26.4 Å². The zero-order valence-electron chi connectivity index (χ0n) is 20.7. The molecule has 0 aliphatic carbocycles. The Hall–Kier alpha value is -3.23. The number of aromatic nitrogens is 2. The number of allylic oxidation sites excluding steroid dienone is 1. The summed E-state index contributed by atoms with van der Waals surface area (Å²) in [5, 5.41) is 8.45. The molecule has 7 nitrogen and oxygen atoms in total. The fourth-order valence-corrected chi connectivity index (χ4v) is 4.47. The predicted molar refractivity (Wildman–Crippen MR) is 141 cm³/mol. The summed E-state index contributed by atoms with van der Waals surface area (Å²) in [5.74, 6) is 1.86. The molecule has 1 aliphatic rings. The summed E-state index contributed by atoms with van der Waals surface area (Å²) in [5.41, 5.74) is 5.02. The Labute approximate surface area is 212 Å². The first-order valence-electron chi connectivity index (χ1n) is 12.0. The van der Waals surface area contributed by atoms with E-state index in [-0.39, 0.29) is 6.04 Å². The maximum atomic E-state index is 5.82. The molecule has 0 saturated carbocycles. The molecule has 184 valence electrons. The van der Waals surface area contributed by atoms with Gasteiger partial charge in [-0.3, -0.25) is 0 Å². The molecule has 1 unspecified atom stereocenters. The van der Waals surface area contributed by atoms with Gasteiger partial charge < -0.3 is 24.2 Å². The zero-order chi connectivity index (χ0) is 24.8. The Balaban J connectivity index is 1.71. The summed E-state index contributed by atoms with van der Waals surface area (Å²) in [6, 6.07) is 15.9. The topological polar surface area (TPSA) is 72.7 Å². The number of ether oxygens (including phenoxy) is 2. The van der Waals surface area contributed by atoms with E-state index < -0.39 is 0 Å². The first kappa shape index (κ1) is 24.9. The SMILES string of the molecule is CCOCCCN1C(=S)NC(c2ccc(OCC)cc2)C(c2nc(-c3ccc(C)cc3)no2)=C1C. The minimum atomic E-state index is -0.229. The van der Waals surface area contributed by atoms with Crippen molar-refractivity contribution in [3.05, 3.63) is 71.2 Å². The lowest BCUT2D eigenvalue weighted by atomic mass is 9.94. The quantitative estimate of drug-likeness (QED) is 0.292. The minimum Gasteiger partial charge on any atom is -0.494 e. The van der Waals surface area contributed by atoms with Crippen molar-refractivity contribution in [3.63, 3.8) is 0 Å². The molecule has 35 heavy (non-hydrogen) atoms. The van der Waals surface area contributed by atoms with Crippen molar-refractivity contribution in [1.82, 2.24) is 20.4 Å². The molecular formula is C27H32N4O3S. The second-order valence-electron chi connectivity index (χ2n) is 8.37. The molecule has 4 rings (SSSR count). The summed E-state index contributed by atoms with van der Waals surface area (Å²) < 4.78 is 17.0. The van der Waals surface area contributed by atoms with Crippen LogP contribution in [0, 0.1) is 6.92 Å². The number of hydrogen-bond donors (Lipinski definition) is 1. The van der Waals surface area contributed by atoms with Crippen LogP contribution in [-0.4, -0.2) is 46.5 Å². The first-order valence-corrected chi connectivity index (χ1v) is 12.4. The van der Waals surface area contributed by atoms with Gasteiger partial charge in [0.2, 0.25) is 5.82 Å². The third-order valence-corrected chi connectivity index (χ3v) is 6.30. The summed E-state index contributed by atoms with van der Waals surface area (Å²) >= 11 is 5.77. The smallest absolute Gasteiger partial charge is 0.258 e. The Morgan fingerprint density at radius 3 is 2.46 bits per heavy atom. The van der Waals surface area contributed by atoms with E-state index in [2.05, 4.69) is 29.2 Å². The fourth-order valence-electron chi connectivity index (χ4n) is 4.12. The molecule has 0 spiro atoms.